The molecule has 198 valence electrons. The third-order valence-corrected chi connectivity index (χ3v) is 7.09. The maximum Gasteiger partial charge on any atom is 0.338 e. The molecule has 1 N–H and O–H groups in total. The van der Waals surface area contributed by atoms with Gasteiger partial charge in [0, 0.05) is 45.0 Å². The number of esters is 1. The van der Waals surface area contributed by atoms with E-state index in [0.717, 1.165) is 5.56 Å². The SMILES string of the molecule is CCOC(=O)C1=C(CN2CCN(C(=O)c3ccco3)C(C)C2)N(C)C(=O)NC1c1ccc(C(C)C)cc1. The highest BCUT2D eigenvalue weighted by Gasteiger charge is 2.38. The minimum Gasteiger partial charge on any atom is -0.463 e. The molecule has 0 bridgehead atoms. The molecule has 2 unspecified atom stereocenters. The summed E-state index contributed by atoms with van der Waals surface area (Å²) in [7, 11) is 1.67. The summed E-state index contributed by atoms with van der Waals surface area (Å²) >= 11 is 0. The smallest absolute Gasteiger partial charge is 0.338 e. The summed E-state index contributed by atoms with van der Waals surface area (Å²) in [5, 5.41) is 2.98. The van der Waals surface area contributed by atoms with Gasteiger partial charge < -0.3 is 19.4 Å². The lowest BCUT2D eigenvalue weighted by Crippen LogP contribution is -2.56. The normalized spacial score (nSPS) is 20.9. The van der Waals surface area contributed by atoms with Crippen LogP contribution in [-0.2, 0) is 9.53 Å². The van der Waals surface area contributed by atoms with Crippen molar-refractivity contribution in [2.45, 2.75) is 45.7 Å². The van der Waals surface area contributed by atoms with Gasteiger partial charge in [-0.25, -0.2) is 9.59 Å². The predicted molar refractivity (Wildman–Crippen MR) is 139 cm³/mol. The first-order valence-corrected chi connectivity index (χ1v) is 12.8. The van der Waals surface area contributed by atoms with Gasteiger partial charge in [0.05, 0.1) is 24.5 Å². The number of nitrogens with zero attached hydrogens (tertiary/aromatic N) is 3. The van der Waals surface area contributed by atoms with Gasteiger partial charge in [0.25, 0.3) is 5.91 Å². The van der Waals surface area contributed by atoms with Crippen molar-refractivity contribution < 1.29 is 23.5 Å². The van der Waals surface area contributed by atoms with Crippen LogP contribution in [-0.4, -0.2) is 78.5 Å². The van der Waals surface area contributed by atoms with Gasteiger partial charge in [-0.3, -0.25) is 14.6 Å². The number of benzene rings is 1. The highest BCUT2D eigenvalue weighted by atomic mass is 16.5. The summed E-state index contributed by atoms with van der Waals surface area (Å²) in [6.07, 6.45) is 1.49. The van der Waals surface area contributed by atoms with E-state index in [1.54, 1.807) is 31.0 Å². The monoisotopic (exact) mass is 508 g/mol. The number of nitrogens with one attached hydrogen (secondary N) is 1. The Balaban J connectivity index is 1.61. The molecule has 3 amide bonds. The van der Waals surface area contributed by atoms with Gasteiger partial charge in [-0.15, -0.1) is 0 Å². The first-order valence-electron chi connectivity index (χ1n) is 12.8. The summed E-state index contributed by atoms with van der Waals surface area (Å²) in [5.74, 6) is 0.115. The van der Waals surface area contributed by atoms with Crippen LogP contribution in [0.4, 0.5) is 4.79 Å². The van der Waals surface area contributed by atoms with E-state index >= 15 is 0 Å². The van der Waals surface area contributed by atoms with Crippen molar-refractivity contribution in [3.05, 3.63) is 70.8 Å². The largest absolute Gasteiger partial charge is 0.463 e. The maximum absolute atomic E-state index is 13.3. The second-order valence-electron chi connectivity index (χ2n) is 9.90. The topological polar surface area (TPSA) is 95.3 Å². The van der Waals surface area contributed by atoms with Crippen LogP contribution in [0.15, 0.2) is 58.3 Å². The molecule has 37 heavy (non-hydrogen) atoms. The van der Waals surface area contributed by atoms with Crippen molar-refractivity contribution >= 4 is 17.9 Å². The Morgan fingerprint density at radius 1 is 1.16 bits per heavy atom. The number of amides is 3. The van der Waals surface area contributed by atoms with Crippen LogP contribution in [0, 0.1) is 0 Å². The molecule has 0 radical (unpaired) electrons. The Bertz CT molecular complexity index is 1160. The Kier molecular flexibility index (Phi) is 8.02. The average Bonchev–Trinajstić information content (AvgIpc) is 3.42. The van der Waals surface area contributed by atoms with Gasteiger partial charge in [-0.1, -0.05) is 38.1 Å². The van der Waals surface area contributed by atoms with Crippen LogP contribution in [0.5, 0.6) is 0 Å². The highest BCUT2D eigenvalue weighted by molar-refractivity contribution is 5.95. The lowest BCUT2D eigenvalue weighted by molar-refractivity contribution is -0.139. The molecule has 1 aromatic carbocycles. The van der Waals surface area contributed by atoms with E-state index in [1.165, 1.54) is 16.7 Å². The van der Waals surface area contributed by atoms with Crippen LogP contribution >= 0.6 is 0 Å². The minimum absolute atomic E-state index is 0.0694. The van der Waals surface area contributed by atoms with Gasteiger partial charge in [0.1, 0.15) is 0 Å². The molecule has 9 nitrogen and oxygen atoms in total. The van der Waals surface area contributed by atoms with Crippen LogP contribution in [0.2, 0.25) is 0 Å². The zero-order valence-corrected chi connectivity index (χ0v) is 22.2. The number of likely N-dealkylation sites (N-methyl/N-ethyl adjacent to an activating group) is 1. The molecule has 2 aliphatic rings. The highest BCUT2D eigenvalue weighted by Crippen LogP contribution is 2.32. The van der Waals surface area contributed by atoms with Gasteiger partial charge >= 0.3 is 12.0 Å². The number of carbonyl (C=O) groups is 3. The molecule has 2 aliphatic heterocycles. The summed E-state index contributed by atoms with van der Waals surface area (Å²) in [4.78, 5) is 44.6. The lowest BCUT2D eigenvalue weighted by atomic mass is 9.92. The van der Waals surface area contributed by atoms with Gasteiger partial charge in [-0.05, 0) is 43.0 Å². The number of rotatable bonds is 7. The van der Waals surface area contributed by atoms with E-state index in [-0.39, 0.29) is 24.6 Å². The number of hydrogen-bond acceptors (Lipinski definition) is 6. The molecular formula is C28H36N4O5. The minimum atomic E-state index is -0.613. The van der Waals surface area contributed by atoms with Gasteiger partial charge in [0.15, 0.2) is 5.76 Å². The maximum atomic E-state index is 13.3. The summed E-state index contributed by atoms with van der Waals surface area (Å²) in [6, 6.07) is 10.4. The first-order chi connectivity index (χ1) is 17.7. The summed E-state index contributed by atoms with van der Waals surface area (Å²) < 4.78 is 10.7. The quantitative estimate of drug-likeness (QED) is 0.573. The second kappa shape index (κ2) is 11.2. The molecule has 0 aliphatic carbocycles. The van der Waals surface area contributed by atoms with E-state index in [2.05, 4.69) is 24.1 Å². The summed E-state index contributed by atoms with van der Waals surface area (Å²) in [6.45, 7) is 10.3. The van der Waals surface area contributed by atoms with E-state index in [4.69, 9.17) is 9.15 Å². The van der Waals surface area contributed by atoms with Crippen LogP contribution < -0.4 is 5.32 Å². The van der Waals surface area contributed by atoms with Crippen molar-refractivity contribution in [3.8, 4) is 0 Å². The standard InChI is InChI=1S/C28H36N4O5/c1-6-36-27(34)24-22(17-31-13-14-32(19(4)16-31)26(33)23-8-7-15-37-23)30(5)28(35)29-25(24)21-11-9-20(10-12-21)18(2)3/h7-12,15,18-19,25H,6,13-14,16-17H2,1-5H3,(H,29,35). The van der Waals surface area contributed by atoms with E-state index in [0.29, 0.717) is 49.1 Å². The van der Waals surface area contributed by atoms with Crippen molar-refractivity contribution in [3.63, 3.8) is 0 Å². The molecule has 3 heterocycles. The zero-order valence-electron chi connectivity index (χ0n) is 22.2. The van der Waals surface area contributed by atoms with Crippen molar-refractivity contribution in [2.75, 3.05) is 39.8 Å². The molecule has 2 aromatic rings. The number of urea groups is 1. The fourth-order valence-corrected chi connectivity index (χ4v) is 4.95. The van der Waals surface area contributed by atoms with E-state index in [1.807, 2.05) is 31.2 Å². The fraction of sp³-hybridized carbons (Fsp3) is 0.464. The van der Waals surface area contributed by atoms with Gasteiger partial charge in [0.2, 0.25) is 0 Å². The lowest BCUT2D eigenvalue weighted by Gasteiger charge is -2.42. The number of ether oxygens (including phenoxy) is 1. The molecule has 2 atom stereocenters. The molecule has 0 spiro atoms. The number of piperazine rings is 1. The molecule has 4 rings (SSSR count). The van der Waals surface area contributed by atoms with Crippen molar-refractivity contribution in [1.82, 2.24) is 20.0 Å². The van der Waals surface area contributed by atoms with Crippen molar-refractivity contribution in [2.24, 2.45) is 0 Å². The third kappa shape index (κ3) is 5.56. The molecule has 1 aromatic heterocycles. The van der Waals surface area contributed by atoms with Crippen LogP contribution in [0.1, 0.15) is 61.3 Å². The number of furan rings is 1. The second-order valence-corrected chi connectivity index (χ2v) is 9.90. The Morgan fingerprint density at radius 2 is 1.89 bits per heavy atom. The Hall–Kier alpha value is -3.59. The van der Waals surface area contributed by atoms with Gasteiger partial charge in [-0.2, -0.15) is 0 Å². The zero-order chi connectivity index (χ0) is 26.7. The molecule has 1 fully saturated rings. The van der Waals surface area contributed by atoms with E-state index in [9.17, 15) is 14.4 Å². The van der Waals surface area contributed by atoms with Crippen LogP contribution in [0.25, 0.3) is 0 Å². The van der Waals surface area contributed by atoms with E-state index < -0.39 is 12.0 Å². The first kappa shape index (κ1) is 26.5. The predicted octanol–water partition coefficient (Wildman–Crippen LogP) is 3.76. The fourth-order valence-electron chi connectivity index (χ4n) is 4.95. The molecular weight excluding hydrogens is 472 g/mol. The number of carbonyl (C=O) groups excluding carboxylic acids is 3. The Labute approximate surface area is 218 Å². The molecule has 9 heteroatoms. The molecule has 1 saturated heterocycles. The van der Waals surface area contributed by atoms with Crippen molar-refractivity contribution in [1.29, 1.82) is 0 Å². The Morgan fingerprint density at radius 3 is 2.49 bits per heavy atom. The average molecular weight is 509 g/mol. The number of hydrogen-bond donors (Lipinski definition) is 1. The molecule has 0 saturated carbocycles. The summed E-state index contributed by atoms with van der Waals surface area (Å²) in [5.41, 5.74) is 3.05. The van der Waals surface area contributed by atoms with Crippen LogP contribution in [0.3, 0.4) is 0 Å². The third-order valence-electron chi connectivity index (χ3n) is 7.09.